The fraction of sp³-hybridized carbons (Fsp3) is 0.211. The van der Waals surface area contributed by atoms with Gasteiger partial charge in [0.1, 0.15) is 18.2 Å². The van der Waals surface area contributed by atoms with Gasteiger partial charge in [-0.05, 0) is 29.8 Å². The molecule has 1 fully saturated rings. The highest BCUT2D eigenvalue weighted by molar-refractivity contribution is 6.34. The molecular formula is C19H16Cl2N4O2. The number of hydrogen-bond donors (Lipinski definition) is 2. The molecular weight excluding hydrogens is 387 g/mol. The lowest BCUT2D eigenvalue weighted by molar-refractivity contribution is -0.139. The van der Waals surface area contributed by atoms with Crippen molar-refractivity contribution >= 4 is 45.9 Å². The fourth-order valence-corrected chi connectivity index (χ4v) is 3.67. The molecule has 2 heterocycles. The van der Waals surface area contributed by atoms with Gasteiger partial charge in [0.05, 0.1) is 10.5 Å². The van der Waals surface area contributed by atoms with E-state index in [1.54, 1.807) is 0 Å². The minimum Gasteiger partial charge on any atom is -0.480 e. The number of carboxylic acids is 1. The molecule has 1 atom stereocenters. The number of carbonyl (C=O) groups is 1. The summed E-state index contributed by atoms with van der Waals surface area (Å²) in [4.78, 5) is 22.1. The van der Waals surface area contributed by atoms with Gasteiger partial charge in [-0.15, -0.1) is 0 Å². The molecule has 1 unspecified atom stereocenters. The topological polar surface area (TPSA) is 78.3 Å². The molecule has 6 nitrogen and oxygen atoms in total. The van der Waals surface area contributed by atoms with E-state index in [1.165, 1.54) is 6.33 Å². The molecule has 8 heteroatoms. The molecule has 3 aromatic rings. The first-order valence-electron chi connectivity index (χ1n) is 8.44. The average molecular weight is 403 g/mol. The number of carboxylic acid groups (broad SMARTS) is 1. The molecule has 0 spiro atoms. The zero-order chi connectivity index (χ0) is 19.0. The summed E-state index contributed by atoms with van der Waals surface area (Å²) in [6, 6.07) is 10.6. The van der Waals surface area contributed by atoms with E-state index >= 15 is 0 Å². The molecule has 1 aromatic heterocycles. The normalized spacial score (nSPS) is 17.3. The number of nitrogens with zero attached hydrogens (tertiary/aromatic N) is 3. The molecule has 1 saturated heterocycles. The molecule has 0 radical (unpaired) electrons. The van der Waals surface area contributed by atoms with Crippen LogP contribution in [0.25, 0.3) is 22.0 Å². The maximum absolute atomic E-state index is 11.4. The highest BCUT2D eigenvalue weighted by Gasteiger charge is 2.26. The molecule has 2 N–H and O–H groups in total. The lowest BCUT2D eigenvalue weighted by Crippen LogP contribution is -2.54. The van der Waals surface area contributed by atoms with Gasteiger partial charge in [0, 0.05) is 35.6 Å². The molecule has 0 amide bonds. The van der Waals surface area contributed by atoms with E-state index in [0.717, 1.165) is 16.5 Å². The van der Waals surface area contributed by atoms with E-state index < -0.39 is 12.0 Å². The Hall–Kier alpha value is -2.41. The van der Waals surface area contributed by atoms with Crippen molar-refractivity contribution < 1.29 is 9.90 Å². The number of nitrogens with one attached hydrogen (secondary N) is 1. The molecule has 1 aliphatic rings. The van der Waals surface area contributed by atoms with E-state index in [-0.39, 0.29) is 0 Å². The van der Waals surface area contributed by atoms with Crippen molar-refractivity contribution in [2.45, 2.75) is 6.04 Å². The minimum atomic E-state index is -0.872. The quantitative estimate of drug-likeness (QED) is 0.698. The minimum absolute atomic E-state index is 0.334. The number of benzene rings is 2. The first-order chi connectivity index (χ1) is 13.0. The molecule has 0 saturated carbocycles. The van der Waals surface area contributed by atoms with Gasteiger partial charge >= 0.3 is 5.97 Å². The molecule has 4 rings (SSSR count). The smallest absolute Gasteiger partial charge is 0.322 e. The Labute approximate surface area is 165 Å². The average Bonchev–Trinajstić information content (AvgIpc) is 2.68. The zero-order valence-electron chi connectivity index (χ0n) is 14.2. The van der Waals surface area contributed by atoms with Gasteiger partial charge < -0.3 is 15.3 Å². The van der Waals surface area contributed by atoms with Crippen LogP contribution in [-0.2, 0) is 4.79 Å². The number of anilines is 1. The monoisotopic (exact) mass is 402 g/mol. The first kappa shape index (κ1) is 18.0. The van der Waals surface area contributed by atoms with Crippen LogP contribution >= 0.6 is 23.2 Å². The summed E-state index contributed by atoms with van der Waals surface area (Å²) >= 11 is 12.5. The van der Waals surface area contributed by atoms with Crippen LogP contribution in [0.4, 0.5) is 5.82 Å². The van der Waals surface area contributed by atoms with Crippen LogP contribution in [0.2, 0.25) is 10.0 Å². The van der Waals surface area contributed by atoms with Crippen LogP contribution in [0.1, 0.15) is 0 Å². The van der Waals surface area contributed by atoms with Crippen LogP contribution in [0.3, 0.4) is 0 Å². The van der Waals surface area contributed by atoms with Crippen molar-refractivity contribution in [3.8, 4) is 11.1 Å². The molecule has 138 valence electrons. The van der Waals surface area contributed by atoms with Gasteiger partial charge in [-0.3, -0.25) is 4.79 Å². The van der Waals surface area contributed by atoms with E-state index in [2.05, 4.69) is 15.3 Å². The summed E-state index contributed by atoms with van der Waals surface area (Å²) in [6.45, 7) is 1.56. The van der Waals surface area contributed by atoms with E-state index in [9.17, 15) is 9.90 Å². The van der Waals surface area contributed by atoms with Crippen LogP contribution in [0, 0.1) is 0 Å². The summed E-state index contributed by atoms with van der Waals surface area (Å²) in [5.74, 6) is -0.164. The number of piperazine rings is 1. The number of fused-ring (bicyclic) bond motifs is 1. The lowest BCUT2D eigenvalue weighted by atomic mass is 10.0. The molecule has 1 aliphatic heterocycles. The van der Waals surface area contributed by atoms with Crippen LogP contribution in [0.15, 0.2) is 42.7 Å². The van der Waals surface area contributed by atoms with Crippen molar-refractivity contribution in [3.05, 3.63) is 52.8 Å². The third-order valence-electron chi connectivity index (χ3n) is 4.63. The van der Waals surface area contributed by atoms with Crippen LogP contribution in [-0.4, -0.2) is 46.7 Å². The first-order valence-corrected chi connectivity index (χ1v) is 9.20. The van der Waals surface area contributed by atoms with Gasteiger partial charge in [-0.2, -0.15) is 0 Å². The Kier molecular flexibility index (Phi) is 4.86. The van der Waals surface area contributed by atoms with Crippen molar-refractivity contribution in [1.29, 1.82) is 0 Å². The summed E-state index contributed by atoms with van der Waals surface area (Å²) in [6.07, 6.45) is 1.48. The van der Waals surface area contributed by atoms with E-state index in [1.807, 2.05) is 41.3 Å². The summed E-state index contributed by atoms with van der Waals surface area (Å²) in [7, 11) is 0. The van der Waals surface area contributed by atoms with E-state index in [4.69, 9.17) is 23.2 Å². The second-order valence-electron chi connectivity index (χ2n) is 6.34. The highest BCUT2D eigenvalue weighted by Crippen LogP contribution is 2.35. The van der Waals surface area contributed by atoms with Crippen molar-refractivity contribution in [1.82, 2.24) is 15.3 Å². The number of aromatic nitrogens is 2. The number of aliphatic carboxylic acids is 1. The van der Waals surface area contributed by atoms with Crippen molar-refractivity contribution in [2.75, 3.05) is 24.5 Å². The Morgan fingerprint density at radius 1 is 1.19 bits per heavy atom. The van der Waals surface area contributed by atoms with Gasteiger partial charge in [-0.25, -0.2) is 9.97 Å². The highest BCUT2D eigenvalue weighted by atomic mass is 35.5. The third kappa shape index (κ3) is 3.56. The maximum atomic E-state index is 11.4. The maximum Gasteiger partial charge on any atom is 0.322 e. The Bertz CT molecular complexity index is 1010. The molecule has 0 aliphatic carbocycles. The van der Waals surface area contributed by atoms with Crippen molar-refractivity contribution in [2.24, 2.45) is 0 Å². The van der Waals surface area contributed by atoms with Crippen molar-refractivity contribution in [3.63, 3.8) is 0 Å². The lowest BCUT2D eigenvalue weighted by Gasteiger charge is -2.33. The van der Waals surface area contributed by atoms with Gasteiger partial charge in [-0.1, -0.05) is 35.3 Å². The SMILES string of the molecule is O=C(O)C1CN(c2ncnc3cc(Cl)c(-c4ccc(Cl)cc4)cc23)CCN1. The predicted octanol–water partition coefficient (Wildman–Crippen LogP) is 3.47. The second-order valence-corrected chi connectivity index (χ2v) is 7.19. The number of halogens is 2. The third-order valence-corrected chi connectivity index (χ3v) is 5.20. The number of hydrogen-bond acceptors (Lipinski definition) is 5. The standard InChI is InChI=1S/C19H16Cl2N4O2/c20-12-3-1-11(2-4-12)13-7-14-16(8-15(13)21)23-10-24-18(14)25-6-5-22-17(9-25)19(26)27/h1-4,7-8,10,17,22H,5-6,9H2,(H,26,27). The number of rotatable bonds is 3. The summed E-state index contributed by atoms with van der Waals surface area (Å²) in [5.41, 5.74) is 2.50. The van der Waals surface area contributed by atoms with Gasteiger partial charge in [0.15, 0.2) is 0 Å². The zero-order valence-corrected chi connectivity index (χ0v) is 15.7. The Morgan fingerprint density at radius 3 is 2.70 bits per heavy atom. The van der Waals surface area contributed by atoms with Gasteiger partial charge in [0.2, 0.25) is 0 Å². The Balaban J connectivity index is 1.81. The molecule has 27 heavy (non-hydrogen) atoms. The van der Waals surface area contributed by atoms with Gasteiger partial charge in [0.25, 0.3) is 0 Å². The molecule has 2 aromatic carbocycles. The largest absolute Gasteiger partial charge is 0.480 e. The summed E-state index contributed by atoms with van der Waals surface area (Å²) < 4.78 is 0. The second kappa shape index (κ2) is 7.31. The van der Waals surface area contributed by atoms with Crippen LogP contribution < -0.4 is 10.2 Å². The van der Waals surface area contributed by atoms with Crippen LogP contribution in [0.5, 0.6) is 0 Å². The fourth-order valence-electron chi connectivity index (χ4n) is 3.27. The summed E-state index contributed by atoms with van der Waals surface area (Å²) in [5, 5.41) is 14.4. The molecule has 0 bridgehead atoms. The van der Waals surface area contributed by atoms with E-state index in [0.29, 0.717) is 41.0 Å². The predicted molar refractivity (Wildman–Crippen MR) is 107 cm³/mol. The Morgan fingerprint density at radius 2 is 1.96 bits per heavy atom.